The van der Waals surface area contributed by atoms with Gasteiger partial charge in [0.1, 0.15) is 0 Å². The fraction of sp³-hybridized carbons (Fsp3) is 0.429. The van der Waals surface area contributed by atoms with Crippen molar-refractivity contribution in [2.24, 2.45) is 0 Å². The first-order valence-corrected chi connectivity index (χ1v) is 8.95. The first-order chi connectivity index (χ1) is 12.2. The lowest BCUT2D eigenvalue weighted by Crippen LogP contribution is -2.26. The highest BCUT2D eigenvalue weighted by molar-refractivity contribution is 5.99. The van der Waals surface area contributed by atoms with Gasteiger partial charge in [-0.1, -0.05) is 12.1 Å². The van der Waals surface area contributed by atoms with Crippen LogP contribution in [-0.4, -0.2) is 41.8 Å². The van der Waals surface area contributed by atoms with E-state index in [-0.39, 0.29) is 11.7 Å². The van der Waals surface area contributed by atoms with E-state index in [9.17, 15) is 9.59 Å². The number of hydrogen-bond acceptors (Lipinski definition) is 3. The maximum atomic E-state index is 12.7. The Balaban J connectivity index is 2.03. The molecule has 5 heteroatoms. The number of rotatable bonds is 7. The Bertz CT molecular complexity index is 788. The fourth-order valence-corrected chi connectivity index (χ4v) is 3.46. The number of carbonyl (C=O) groups is 2. The largest absolute Gasteiger partial charge is 0.355 e. The van der Waals surface area contributed by atoms with Gasteiger partial charge in [-0.2, -0.15) is 0 Å². The minimum atomic E-state index is -0.0967. The minimum absolute atomic E-state index is 0.0967. The predicted molar refractivity (Wildman–Crippen MR) is 105 cm³/mol. The number of amides is 1. The monoisotopic (exact) mass is 355 g/mol. The highest BCUT2D eigenvalue weighted by atomic mass is 16.1. The third-order valence-corrected chi connectivity index (χ3v) is 4.61. The van der Waals surface area contributed by atoms with Crippen LogP contribution in [0.4, 0.5) is 0 Å². The van der Waals surface area contributed by atoms with Gasteiger partial charge in [-0.05, 0) is 58.5 Å². The van der Waals surface area contributed by atoms with E-state index in [4.69, 9.17) is 0 Å². The van der Waals surface area contributed by atoms with Crippen molar-refractivity contribution in [1.82, 2.24) is 14.8 Å². The first kappa shape index (κ1) is 19.9. The second-order valence-electron chi connectivity index (χ2n) is 7.12. The van der Waals surface area contributed by atoms with E-state index in [1.54, 1.807) is 19.2 Å². The molecule has 0 fully saturated rings. The van der Waals surface area contributed by atoms with E-state index in [0.717, 1.165) is 22.5 Å². The van der Waals surface area contributed by atoms with Crippen LogP contribution in [0.3, 0.4) is 0 Å². The van der Waals surface area contributed by atoms with Crippen molar-refractivity contribution in [2.45, 2.75) is 40.3 Å². The second kappa shape index (κ2) is 8.32. The maximum absolute atomic E-state index is 12.7. The quantitative estimate of drug-likeness (QED) is 0.775. The molecule has 0 unspecified atom stereocenters. The van der Waals surface area contributed by atoms with Crippen molar-refractivity contribution in [1.29, 1.82) is 0 Å². The molecule has 5 nitrogen and oxygen atoms in total. The molecule has 2 rings (SSSR count). The Morgan fingerprint density at radius 3 is 2.27 bits per heavy atom. The number of ketones is 1. The maximum Gasteiger partial charge on any atom is 0.251 e. The lowest BCUT2D eigenvalue weighted by molar-refractivity contribution is 0.0940. The number of benzene rings is 1. The molecule has 0 radical (unpaired) electrons. The van der Waals surface area contributed by atoms with Gasteiger partial charge in [-0.3, -0.25) is 14.5 Å². The summed E-state index contributed by atoms with van der Waals surface area (Å²) in [5.74, 6) is 0.0371. The van der Waals surface area contributed by atoms with Crippen molar-refractivity contribution in [3.63, 3.8) is 0 Å². The van der Waals surface area contributed by atoms with Crippen molar-refractivity contribution in [2.75, 3.05) is 20.6 Å². The normalized spacial score (nSPS) is 11.2. The molecule has 0 saturated carbocycles. The number of aromatic nitrogens is 1. The molecule has 0 aliphatic heterocycles. The molecule has 1 heterocycles. The molecule has 0 aliphatic rings. The molecule has 1 amide bonds. The summed E-state index contributed by atoms with van der Waals surface area (Å²) in [7, 11) is 3.55. The molecule has 0 saturated heterocycles. The van der Waals surface area contributed by atoms with E-state index in [1.165, 1.54) is 0 Å². The van der Waals surface area contributed by atoms with Crippen molar-refractivity contribution in [3.8, 4) is 0 Å². The molecule has 0 spiro atoms. The van der Waals surface area contributed by atoms with E-state index in [0.29, 0.717) is 24.7 Å². The molecule has 0 aliphatic carbocycles. The SMILES string of the molecule is CNC(=O)c1ccc(CN(C)CC(=O)c2cc(C)n(C(C)C)c2C)cc1. The first-order valence-electron chi connectivity index (χ1n) is 8.95. The molecule has 0 bridgehead atoms. The van der Waals surface area contributed by atoms with Gasteiger partial charge in [0.05, 0.1) is 6.54 Å². The van der Waals surface area contributed by atoms with Gasteiger partial charge in [0.25, 0.3) is 5.91 Å². The van der Waals surface area contributed by atoms with E-state index >= 15 is 0 Å². The van der Waals surface area contributed by atoms with Crippen LogP contribution in [0.5, 0.6) is 0 Å². The zero-order valence-electron chi connectivity index (χ0n) is 16.6. The Kier molecular flexibility index (Phi) is 6.37. The van der Waals surface area contributed by atoms with Crippen LogP contribution in [0.25, 0.3) is 0 Å². The van der Waals surface area contributed by atoms with Gasteiger partial charge in [0.15, 0.2) is 5.78 Å². The van der Waals surface area contributed by atoms with Crippen LogP contribution in [0, 0.1) is 13.8 Å². The molecular weight excluding hydrogens is 326 g/mol. The van der Waals surface area contributed by atoms with Gasteiger partial charge < -0.3 is 9.88 Å². The summed E-state index contributed by atoms with van der Waals surface area (Å²) in [5, 5.41) is 2.61. The molecular formula is C21H29N3O2. The van der Waals surface area contributed by atoms with Gasteiger partial charge in [0.2, 0.25) is 0 Å². The summed E-state index contributed by atoms with van der Waals surface area (Å²) in [5.41, 5.74) is 4.66. The smallest absolute Gasteiger partial charge is 0.251 e. The number of nitrogens with zero attached hydrogens (tertiary/aromatic N) is 2. The van der Waals surface area contributed by atoms with Crippen molar-refractivity contribution in [3.05, 3.63) is 58.4 Å². The van der Waals surface area contributed by atoms with Gasteiger partial charge >= 0.3 is 0 Å². The van der Waals surface area contributed by atoms with E-state index in [2.05, 4.69) is 23.7 Å². The number of likely N-dealkylation sites (N-methyl/N-ethyl adjacent to an activating group) is 1. The summed E-state index contributed by atoms with van der Waals surface area (Å²) in [6, 6.07) is 9.80. The molecule has 140 valence electrons. The summed E-state index contributed by atoms with van der Waals surface area (Å²) in [4.78, 5) is 26.3. The molecule has 1 N–H and O–H groups in total. The summed E-state index contributed by atoms with van der Waals surface area (Å²) in [6.07, 6.45) is 0. The average molecular weight is 355 g/mol. The number of aryl methyl sites for hydroxylation is 1. The van der Waals surface area contributed by atoms with Crippen LogP contribution in [0.15, 0.2) is 30.3 Å². The minimum Gasteiger partial charge on any atom is -0.355 e. The zero-order chi connectivity index (χ0) is 19.4. The Morgan fingerprint density at radius 2 is 1.77 bits per heavy atom. The van der Waals surface area contributed by atoms with Crippen LogP contribution < -0.4 is 5.32 Å². The summed E-state index contributed by atoms with van der Waals surface area (Å²) >= 11 is 0. The lowest BCUT2D eigenvalue weighted by Gasteiger charge is -2.17. The van der Waals surface area contributed by atoms with Crippen LogP contribution in [-0.2, 0) is 6.54 Å². The topological polar surface area (TPSA) is 54.3 Å². The number of Topliss-reactive ketones (excluding diaryl/α,β-unsaturated/α-hetero) is 1. The standard InChI is InChI=1S/C21H29N3O2/c1-14(2)24-15(3)11-19(16(24)4)20(25)13-23(6)12-17-7-9-18(10-8-17)21(26)22-5/h7-11,14H,12-13H2,1-6H3,(H,22,26). The molecule has 26 heavy (non-hydrogen) atoms. The van der Waals surface area contributed by atoms with E-state index < -0.39 is 0 Å². The van der Waals surface area contributed by atoms with Crippen LogP contribution >= 0.6 is 0 Å². The fourth-order valence-electron chi connectivity index (χ4n) is 3.46. The Morgan fingerprint density at radius 1 is 1.15 bits per heavy atom. The average Bonchev–Trinajstić information content (AvgIpc) is 2.89. The number of carbonyl (C=O) groups excluding carboxylic acids is 2. The van der Waals surface area contributed by atoms with Gasteiger partial charge in [-0.15, -0.1) is 0 Å². The van der Waals surface area contributed by atoms with Crippen molar-refractivity contribution < 1.29 is 9.59 Å². The van der Waals surface area contributed by atoms with Crippen LogP contribution in [0.1, 0.15) is 57.6 Å². The number of nitrogens with one attached hydrogen (secondary N) is 1. The highest BCUT2D eigenvalue weighted by Gasteiger charge is 2.18. The highest BCUT2D eigenvalue weighted by Crippen LogP contribution is 2.21. The molecule has 0 atom stereocenters. The zero-order valence-corrected chi connectivity index (χ0v) is 16.6. The molecule has 1 aromatic heterocycles. The Hall–Kier alpha value is -2.40. The summed E-state index contributed by atoms with van der Waals surface area (Å²) in [6.45, 7) is 9.33. The third kappa shape index (κ3) is 4.41. The van der Waals surface area contributed by atoms with Gasteiger partial charge in [0, 0.05) is 42.1 Å². The van der Waals surface area contributed by atoms with E-state index in [1.807, 2.05) is 44.0 Å². The Labute approximate surface area is 156 Å². The molecule has 2 aromatic rings. The number of hydrogen-bond donors (Lipinski definition) is 1. The summed E-state index contributed by atoms with van der Waals surface area (Å²) < 4.78 is 2.20. The predicted octanol–water partition coefficient (Wildman–Crippen LogP) is 3.36. The van der Waals surface area contributed by atoms with Gasteiger partial charge in [-0.25, -0.2) is 0 Å². The molecule has 1 aromatic carbocycles. The van der Waals surface area contributed by atoms with Crippen LogP contribution in [0.2, 0.25) is 0 Å². The third-order valence-electron chi connectivity index (χ3n) is 4.61. The van der Waals surface area contributed by atoms with Crippen molar-refractivity contribution >= 4 is 11.7 Å². The second-order valence-corrected chi connectivity index (χ2v) is 7.12. The lowest BCUT2D eigenvalue weighted by atomic mass is 10.1.